The lowest BCUT2D eigenvalue weighted by Gasteiger charge is -2.30. The predicted molar refractivity (Wildman–Crippen MR) is 248 cm³/mol. The summed E-state index contributed by atoms with van der Waals surface area (Å²) in [5.74, 6) is 4.07. The molecule has 3 aromatic heterocycles. The zero-order valence-corrected chi connectivity index (χ0v) is 36.9. The molecule has 0 spiro atoms. The molecule has 5 heteroatoms. The number of aryl methyl sites for hydroxylation is 2. The standard InChI is InChI=1S/C55H60N4O/c1-11-48-43(42-21-14-15-22-44(42)55-57(48)31-32-58(55)51-39(34(2)3)24-18-25-40(51)35(4)5)28-27-38-19-12-13-20-41(38)54-56(10)29-30-59(54)52-46(36(6)7)33-47(37(8)9)53-50(52)45-23-16-17-26-49(45)60-53/h11-26,29-37,43,48H,1,27-28H2,2-10H3/q+2. The lowest BCUT2D eigenvalue weighted by molar-refractivity contribution is -0.706. The van der Waals surface area contributed by atoms with Gasteiger partial charge in [0.05, 0.1) is 23.6 Å². The minimum atomic E-state index is 0.104. The summed E-state index contributed by atoms with van der Waals surface area (Å²) in [5, 5.41) is 2.35. The summed E-state index contributed by atoms with van der Waals surface area (Å²) < 4.78 is 16.4. The van der Waals surface area contributed by atoms with Gasteiger partial charge in [-0.25, -0.2) is 9.13 Å². The van der Waals surface area contributed by atoms with Gasteiger partial charge in [-0.3, -0.25) is 0 Å². The Morgan fingerprint density at radius 2 is 1.27 bits per heavy atom. The molecule has 0 bridgehead atoms. The Kier molecular flexibility index (Phi) is 10.3. The van der Waals surface area contributed by atoms with E-state index in [0.29, 0.717) is 23.7 Å². The fourth-order valence-corrected chi connectivity index (χ4v) is 10.2. The van der Waals surface area contributed by atoms with E-state index in [4.69, 9.17) is 4.42 Å². The van der Waals surface area contributed by atoms with Crippen LogP contribution in [0.1, 0.15) is 131 Å². The van der Waals surface area contributed by atoms with Crippen molar-refractivity contribution in [1.82, 2.24) is 9.13 Å². The van der Waals surface area contributed by atoms with E-state index < -0.39 is 0 Å². The highest BCUT2D eigenvalue weighted by Gasteiger charge is 2.40. The molecule has 0 saturated carbocycles. The molecule has 0 radical (unpaired) electrons. The van der Waals surface area contributed by atoms with Crippen molar-refractivity contribution in [2.24, 2.45) is 7.05 Å². The van der Waals surface area contributed by atoms with E-state index in [1.807, 2.05) is 0 Å². The Balaban J connectivity index is 1.15. The number of allylic oxidation sites excluding steroid dienone is 1. The number of aromatic nitrogens is 4. The fraction of sp³-hybridized carbons (Fsp3) is 0.309. The van der Waals surface area contributed by atoms with Crippen molar-refractivity contribution >= 4 is 21.9 Å². The van der Waals surface area contributed by atoms with Crippen molar-refractivity contribution in [2.75, 3.05) is 0 Å². The number of hydrogen-bond donors (Lipinski definition) is 0. The SMILES string of the molecule is C=CC1C(CCc2ccccc2-c2n(-c3c(C(C)C)cc(C(C)C)c4oc5ccccc5c34)cc[n+]2C)c2ccccc2-c2n(-c3c(C(C)C)cccc3C(C)C)cc[n+]21. The molecule has 2 atom stereocenters. The van der Waals surface area contributed by atoms with Crippen LogP contribution in [-0.4, -0.2) is 9.13 Å². The molecule has 304 valence electrons. The van der Waals surface area contributed by atoms with Gasteiger partial charge >= 0.3 is 0 Å². The molecule has 0 fully saturated rings. The lowest BCUT2D eigenvalue weighted by Crippen LogP contribution is -2.45. The van der Waals surface area contributed by atoms with Crippen LogP contribution in [0, 0.1) is 0 Å². The Bertz CT molecular complexity index is 2870. The molecule has 1 aliphatic heterocycles. The zero-order valence-electron chi connectivity index (χ0n) is 36.9. The maximum absolute atomic E-state index is 6.73. The minimum absolute atomic E-state index is 0.104. The van der Waals surface area contributed by atoms with Crippen molar-refractivity contribution in [1.29, 1.82) is 0 Å². The largest absolute Gasteiger partial charge is 0.456 e. The van der Waals surface area contributed by atoms with Crippen LogP contribution in [0.4, 0.5) is 0 Å². The summed E-state index contributed by atoms with van der Waals surface area (Å²) in [6, 6.07) is 36.0. The third-order valence-corrected chi connectivity index (χ3v) is 13.2. The second-order valence-corrected chi connectivity index (χ2v) is 18.2. The van der Waals surface area contributed by atoms with E-state index in [2.05, 4.69) is 215 Å². The van der Waals surface area contributed by atoms with Crippen molar-refractivity contribution in [2.45, 2.75) is 104 Å². The summed E-state index contributed by atoms with van der Waals surface area (Å²) in [6.45, 7) is 22.9. The lowest BCUT2D eigenvalue weighted by atomic mass is 9.80. The maximum atomic E-state index is 6.73. The highest BCUT2D eigenvalue weighted by Crippen LogP contribution is 2.46. The number of nitrogens with zero attached hydrogens (tertiary/aromatic N) is 4. The first-order valence-corrected chi connectivity index (χ1v) is 22.1. The van der Waals surface area contributed by atoms with Gasteiger partial charge in [-0.2, -0.15) is 9.13 Å². The van der Waals surface area contributed by atoms with Crippen LogP contribution in [0.2, 0.25) is 0 Å². The number of furan rings is 1. The molecule has 5 nitrogen and oxygen atoms in total. The molecule has 0 saturated heterocycles. The average Bonchev–Trinajstić information content (AvgIpc) is 3.97. The van der Waals surface area contributed by atoms with Gasteiger partial charge in [-0.1, -0.05) is 135 Å². The highest BCUT2D eigenvalue weighted by atomic mass is 16.3. The van der Waals surface area contributed by atoms with Crippen LogP contribution >= 0.6 is 0 Å². The summed E-state index contributed by atoms with van der Waals surface area (Å²) in [6.07, 6.45) is 13.1. The molecule has 9 rings (SSSR count). The zero-order chi connectivity index (χ0) is 42.0. The number of fused-ring (bicyclic) bond motifs is 6. The average molecular weight is 793 g/mol. The number of benzene rings is 5. The van der Waals surface area contributed by atoms with Gasteiger partial charge in [0.15, 0.2) is 0 Å². The van der Waals surface area contributed by atoms with Crippen LogP contribution in [0.5, 0.6) is 0 Å². The molecule has 1 aliphatic rings. The third-order valence-electron chi connectivity index (χ3n) is 13.2. The van der Waals surface area contributed by atoms with Gasteiger partial charge in [0.25, 0.3) is 11.6 Å². The van der Waals surface area contributed by atoms with Crippen LogP contribution in [0.15, 0.2) is 139 Å². The van der Waals surface area contributed by atoms with Gasteiger partial charge in [0.1, 0.15) is 53.4 Å². The van der Waals surface area contributed by atoms with Crippen molar-refractivity contribution in [3.63, 3.8) is 0 Å². The Morgan fingerprint density at radius 3 is 1.97 bits per heavy atom. The number of hydrogen-bond acceptors (Lipinski definition) is 1. The van der Waals surface area contributed by atoms with Crippen molar-refractivity contribution < 1.29 is 13.6 Å². The Labute approximate surface area is 356 Å². The first-order valence-electron chi connectivity index (χ1n) is 22.1. The highest BCUT2D eigenvalue weighted by molar-refractivity contribution is 6.11. The minimum Gasteiger partial charge on any atom is -0.456 e. The Hall–Kier alpha value is -5.94. The topological polar surface area (TPSA) is 30.8 Å². The van der Waals surface area contributed by atoms with Gasteiger partial charge < -0.3 is 4.42 Å². The Morgan fingerprint density at radius 1 is 0.650 bits per heavy atom. The quantitative estimate of drug-likeness (QED) is 0.0948. The third kappa shape index (κ3) is 6.36. The van der Waals surface area contributed by atoms with E-state index >= 15 is 0 Å². The molecule has 0 N–H and O–H groups in total. The van der Waals surface area contributed by atoms with Crippen LogP contribution in [0.25, 0.3) is 56.1 Å². The van der Waals surface area contributed by atoms with Crippen molar-refractivity contribution in [3.8, 4) is 34.2 Å². The molecular formula is C55H60N4O+2. The second kappa shape index (κ2) is 15.6. The summed E-state index contributed by atoms with van der Waals surface area (Å²) in [7, 11) is 2.18. The number of para-hydroxylation sites is 2. The summed E-state index contributed by atoms with van der Waals surface area (Å²) in [4.78, 5) is 0. The molecule has 8 aromatic rings. The van der Waals surface area contributed by atoms with E-state index in [-0.39, 0.29) is 12.0 Å². The van der Waals surface area contributed by atoms with E-state index in [1.54, 1.807) is 0 Å². The van der Waals surface area contributed by atoms with Crippen LogP contribution < -0.4 is 9.13 Å². The van der Waals surface area contributed by atoms with Gasteiger partial charge in [0, 0.05) is 28.0 Å². The normalized spacial score (nSPS) is 15.2. The molecule has 60 heavy (non-hydrogen) atoms. The monoisotopic (exact) mass is 792 g/mol. The van der Waals surface area contributed by atoms with Crippen LogP contribution in [0.3, 0.4) is 0 Å². The first-order chi connectivity index (χ1) is 29.0. The molecule has 2 unspecified atom stereocenters. The first kappa shape index (κ1) is 39.5. The van der Waals surface area contributed by atoms with Gasteiger partial charge in [-0.05, 0) is 83.5 Å². The number of imidazole rings is 2. The van der Waals surface area contributed by atoms with E-state index in [1.165, 1.54) is 72.9 Å². The van der Waals surface area contributed by atoms with E-state index in [0.717, 1.165) is 29.4 Å². The van der Waals surface area contributed by atoms with Crippen LogP contribution in [-0.2, 0) is 13.5 Å². The van der Waals surface area contributed by atoms with Crippen molar-refractivity contribution in [3.05, 3.63) is 168 Å². The van der Waals surface area contributed by atoms with Gasteiger partial charge in [0.2, 0.25) is 0 Å². The molecule has 0 aliphatic carbocycles. The predicted octanol–water partition coefficient (Wildman–Crippen LogP) is 13.6. The maximum Gasteiger partial charge on any atom is 0.294 e. The summed E-state index contributed by atoms with van der Waals surface area (Å²) >= 11 is 0. The molecule has 5 aromatic carbocycles. The molecule has 0 amide bonds. The summed E-state index contributed by atoms with van der Waals surface area (Å²) in [5.41, 5.74) is 15.1. The second-order valence-electron chi connectivity index (χ2n) is 18.2. The van der Waals surface area contributed by atoms with E-state index in [9.17, 15) is 0 Å². The molecular weight excluding hydrogens is 733 g/mol. The number of rotatable bonds is 11. The van der Waals surface area contributed by atoms with Gasteiger partial charge in [-0.15, -0.1) is 0 Å². The fourth-order valence-electron chi connectivity index (χ4n) is 10.2. The molecule has 4 heterocycles. The smallest absolute Gasteiger partial charge is 0.294 e.